The number of carbonyl (C=O) groups excluding carboxylic acids is 2. The van der Waals surface area contributed by atoms with E-state index in [1.807, 2.05) is 0 Å². The molecule has 0 saturated carbocycles. The van der Waals surface area contributed by atoms with Gasteiger partial charge in [0.1, 0.15) is 6.04 Å². The van der Waals surface area contributed by atoms with Crippen molar-refractivity contribution >= 4 is 23.2 Å². The lowest BCUT2D eigenvalue weighted by molar-refractivity contribution is -0.137. The first kappa shape index (κ1) is 21.4. The summed E-state index contributed by atoms with van der Waals surface area (Å²) in [6.45, 7) is 1.78. The number of nitrogens with two attached hydrogens (primary N) is 1. The molecule has 0 aliphatic heterocycles. The number of carbonyl (C=O) groups is 2. The highest BCUT2D eigenvalue weighted by molar-refractivity contribution is 6.05. The number of benzene rings is 2. The standard InChI is InChI=1S/C19H20F3N3O3/c1-11-6-7-14(9-16(11)25-18(27)15(23)10-28-2)24-17(26)12-4-3-5-13(8-12)19(20,21)22/h3-9,15H,10,23H2,1-2H3,(H,24,26)(H,25,27). The highest BCUT2D eigenvalue weighted by Gasteiger charge is 2.30. The number of methoxy groups -OCH3 is 1. The minimum absolute atomic E-state index is 0.0385. The monoisotopic (exact) mass is 395 g/mol. The van der Waals surface area contributed by atoms with Crippen LogP contribution >= 0.6 is 0 Å². The zero-order chi connectivity index (χ0) is 20.9. The Balaban J connectivity index is 2.16. The number of alkyl halides is 3. The maximum atomic E-state index is 12.8. The van der Waals surface area contributed by atoms with Gasteiger partial charge in [-0.25, -0.2) is 0 Å². The molecule has 4 N–H and O–H groups in total. The van der Waals surface area contributed by atoms with Gasteiger partial charge >= 0.3 is 6.18 Å². The molecule has 28 heavy (non-hydrogen) atoms. The molecule has 0 spiro atoms. The first-order valence-corrected chi connectivity index (χ1v) is 8.26. The SMILES string of the molecule is COCC(N)C(=O)Nc1cc(NC(=O)c2cccc(C(F)(F)F)c2)ccc1C. The molecule has 1 unspecified atom stereocenters. The lowest BCUT2D eigenvalue weighted by Crippen LogP contribution is -2.39. The Morgan fingerprint density at radius 1 is 1.14 bits per heavy atom. The van der Waals surface area contributed by atoms with Crippen molar-refractivity contribution in [1.82, 2.24) is 0 Å². The third kappa shape index (κ3) is 5.54. The molecule has 0 bridgehead atoms. The summed E-state index contributed by atoms with van der Waals surface area (Å²) < 4.78 is 43.2. The van der Waals surface area contributed by atoms with Crippen LogP contribution in [0.4, 0.5) is 24.5 Å². The Labute approximate surface area is 159 Å². The van der Waals surface area contributed by atoms with Gasteiger partial charge in [-0.3, -0.25) is 9.59 Å². The Hall–Kier alpha value is -2.91. The highest BCUT2D eigenvalue weighted by atomic mass is 19.4. The lowest BCUT2D eigenvalue weighted by Gasteiger charge is -2.15. The third-order valence-electron chi connectivity index (χ3n) is 3.89. The second-order valence-electron chi connectivity index (χ2n) is 6.11. The number of rotatable bonds is 6. The molecular formula is C19H20F3N3O3. The number of hydrogen-bond donors (Lipinski definition) is 3. The zero-order valence-electron chi connectivity index (χ0n) is 15.3. The number of anilines is 2. The molecule has 0 heterocycles. The second kappa shape index (κ2) is 8.85. The van der Waals surface area contributed by atoms with Gasteiger partial charge in [-0.15, -0.1) is 0 Å². The van der Waals surface area contributed by atoms with Crippen molar-refractivity contribution in [3.63, 3.8) is 0 Å². The van der Waals surface area contributed by atoms with Crippen LogP contribution in [0, 0.1) is 6.92 Å². The predicted octanol–water partition coefficient (Wildman–Crippen LogP) is 3.18. The number of nitrogens with one attached hydrogen (secondary N) is 2. The van der Waals surface area contributed by atoms with E-state index in [1.54, 1.807) is 19.1 Å². The Morgan fingerprint density at radius 3 is 2.50 bits per heavy atom. The third-order valence-corrected chi connectivity index (χ3v) is 3.89. The van der Waals surface area contributed by atoms with Gasteiger partial charge in [-0.1, -0.05) is 12.1 Å². The average Bonchev–Trinajstić information content (AvgIpc) is 2.64. The van der Waals surface area contributed by atoms with Crippen molar-refractivity contribution in [3.05, 3.63) is 59.2 Å². The summed E-state index contributed by atoms with van der Waals surface area (Å²) in [5.74, 6) is -1.17. The summed E-state index contributed by atoms with van der Waals surface area (Å²) in [7, 11) is 1.42. The van der Waals surface area contributed by atoms with Gasteiger partial charge in [0.25, 0.3) is 5.91 Å². The first-order valence-electron chi connectivity index (χ1n) is 8.26. The molecule has 9 heteroatoms. The molecule has 0 aliphatic rings. The molecule has 2 rings (SSSR count). The molecule has 2 aromatic carbocycles. The van der Waals surface area contributed by atoms with E-state index in [1.165, 1.54) is 19.2 Å². The number of hydrogen-bond acceptors (Lipinski definition) is 4. The first-order chi connectivity index (χ1) is 13.1. The molecule has 0 aliphatic carbocycles. The van der Waals surface area contributed by atoms with E-state index >= 15 is 0 Å². The van der Waals surface area contributed by atoms with Crippen LogP contribution in [0.3, 0.4) is 0 Å². The van der Waals surface area contributed by atoms with Crippen LogP contribution in [0.1, 0.15) is 21.5 Å². The topological polar surface area (TPSA) is 93.4 Å². The molecule has 0 fully saturated rings. The van der Waals surface area contributed by atoms with E-state index in [0.29, 0.717) is 11.4 Å². The normalized spacial score (nSPS) is 12.4. The number of aryl methyl sites for hydroxylation is 1. The van der Waals surface area contributed by atoms with E-state index in [-0.39, 0.29) is 12.2 Å². The van der Waals surface area contributed by atoms with Gasteiger partial charge in [0.15, 0.2) is 0 Å². The number of amides is 2. The van der Waals surface area contributed by atoms with Crippen molar-refractivity contribution in [2.75, 3.05) is 24.4 Å². The molecule has 6 nitrogen and oxygen atoms in total. The fourth-order valence-corrected chi connectivity index (χ4v) is 2.36. The summed E-state index contributed by atoms with van der Waals surface area (Å²) in [4.78, 5) is 24.3. The number of halogens is 3. The minimum atomic E-state index is -4.54. The van der Waals surface area contributed by atoms with Crippen molar-refractivity contribution in [2.24, 2.45) is 5.73 Å². The van der Waals surface area contributed by atoms with Gasteiger partial charge in [0.05, 0.1) is 12.2 Å². The Morgan fingerprint density at radius 2 is 1.86 bits per heavy atom. The molecule has 1 atom stereocenters. The molecule has 0 aromatic heterocycles. The highest BCUT2D eigenvalue weighted by Crippen LogP contribution is 2.29. The van der Waals surface area contributed by atoms with Gasteiger partial charge in [0.2, 0.25) is 5.91 Å². The van der Waals surface area contributed by atoms with Crippen molar-refractivity contribution in [1.29, 1.82) is 0 Å². The van der Waals surface area contributed by atoms with Gasteiger partial charge in [-0.05, 0) is 42.8 Å². The summed E-state index contributed by atoms with van der Waals surface area (Å²) in [6, 6.07) is 7.97. The molecule has 150 valence electrons. The summed E-state index contributed by atoms with van der Waals surface area (Å²) in [6.07, 6.45) is -4.54. The van der Waals surface area contributed by atoms with Crippen molar-refractivity contribution < 1.29 is 27.5 Å². The Kier molecular flexibility index (Phi) is 6.76. The summed E-state index contributed by atoms with van der Waals surface area (Å²) >= 11 is 0. The van der Waals surface area contributed by atoms with Crippen LogP contribution < -0.4 is 16.4 Å². The fraction of sp³-hybridized carbons (Fsp3) is 0.263. The van der Waals surface area contributed by atoms with Gasteiger partial charge < -0.3 is 21.1 Å². The Bertz CT molecular complexity index is 869. The predicted molar refractivity (Wildman–Crippen MR) is 99.1 cm³/mol. The van der Waals surface area contributed by atoms with Gasteiger partial charge in [-0.2, -0.15) is 13.2 Å². The molecule has 0 saturated heterocycles. The number of ether oxygens (including phenoxy) is 1. The summed E-state index contributed by atoms with van der Waals surface area (Å²) in [5.41, 5.74) is 6.06. The molecule has 2 aromatic rings. The zero-order valence-corrected chi connectivity index (χ0v) is 15.3. The minimum Gasteiger partial charge on any atom is -0.383 e. The van der Waals surface area contributed by atoms with Crippen LogP contribution in [-0.2, 0) is 15.7 Å². The van der Waals surface area contributed by atoms with Crippen LogP contribution in [0.2, 0.25) is 0 Å². The quantitative estimate of drug-likeness (QED) is 0.700. The van der Waals surface area contributed by atoms with E-state index in [9.17, 15) is 22.8 Å². The molecular weight excluding hydrogens is 375 g/mol. The van der Waals surface area contributed by atoms with E-state index in [0.717, 1.165) is 23.8 Å². The molecule has 2 amide bonds. The largest absolute Gasteiger partial charge is 0.416 e. The van der Waals surface area contributed by atoms with Gasteiger partial charge in [0, 0.05) is 24.0 Å². The summed E-state index contributed by atoms with van der Waals surface area (Å²) in [5, 5.41) is 5.15. The maximum absolute atomic E-state index is 12.8. The smallest absolute Gasteiger partial charge is 0.383 e. The van der Waals surface area contributed by atoms with Crippen LogP contribution in [0.25, 0.3) is 0 Å². The lowest BCUT2D eigenvalue weighted by atomic mass is 10.1. The van der Waals surface area contributed by atoms with E-state index < -0.39 is 29.6 Å². The van der Waals surface area contributed by atoms with Crippen molar-refractivity contribution in [3.8, 4) is 0 Å². The van der Waals surface area contributed by atoms with Crippen LogP contribution in [0.5, 0.6) is 0 Å². The maximum Gasteiger partial charge on any atom is 0.416 e. The van der Waals surface area contributed by atoms with E-state index in [4.69, 9.17) is 10.5 Å². The van der Waals surface area contributed by atoms with Crippen LogP contribution in [-0.4, -0.2) is 31.6 Å². The molecule has 0 radical (unpaired) electrons. The fourth-order valence-electron chi connectivity index (χ4n) is 2.36. The van der Waals surface area contributed by atoms with Crippen LogP contribution in [0.15, 0.2) is 42.5 Å². The van der Waals surface area contributed by atoms with Crippen molar-refractivity contribution in [2.45, 2.75) is 19.1 Å². The second-order valence-corrected chi connectivity index (χ2v) is 6.11. The average molecular weight is 395 g/mol. The van der Waals surface area contributed by atoms with E-state index in [2.05, 4.69) is 10.6 Å².